The van der Waals surface area contributed by atoms with Crippen LogP contribution in [0.25, 0.3) is 39.1 Å². The molecular weight excluding hydrogens is 396 g/mol. The highest BCUT2D eigenvalue weighted by Gasteiger charge is 2.25. The first-order valence-electron chi connectivity index (χ1n) is 9.79. The average Bonchev–Trinajstić information content (AvgIpc) is 3.53. The van der Waals surface area contributed by atoms with Gasteiger partial charge in [0.2, 0.25) is 5.88 Å². The van der Waals surface area contributed by atoms with E-state index in [2.05, 4.69) is 15.4 Å². The van der Waals surface area contributed by atoms with E-state index in [0.29, 0.717) is 23.4 Å². The summed E-state index contributed by atoms with van der Waals surface area (Å²) >= 11 is 0. The van der Waals surface area contributed by atoms with Gasteiger partial charge >= 0.3 is 0 Å². The van der Waals surface area contributed by atoms with E-state index < -0.39 is 0 Å². The molecule has 0 spiro atoms. The molecule has 2 aromatic carbocycles. The topological polar surface area (TPSA) is 109 Å². The number of aliphatic hydroxyl groups excluding tert-OH is 1. The number of benzene rings is 2. The number of fused-ring (bicyclic) bond motifs is 1. The Kier molecular flexibility index (Phi) is 4.68. The quantitative estimate of drug-likeness (QED) is 0.387. The van der Waals surface area contributed by atoms with Crippen molar-refractivity contribution in [2.24, 2.45) is 0 Å². The molecule has 3 heterocycles. The van der Waals surface area contributed by atoms with Gasteiger partial charge in [-0.05, 0) is 24.3 Å². The number of nitrogens with zero attached hydrogens (tertiary/aromatic N) is 3. The minimum Gasteiger partial charge on any atom is -0.496 e. The molecule has 0 unspecified atom stereocenters. The van der Waals surface area contributed by atoms with E-state index in [-0.39, 0.29) is 12.5 Å². The first-order chi connectivity index (χ1) is 15.2. The molecule has 0 bridgehead atoms. The lowest BCUT2D eigenvalue weighted by Crippen LogP contribution is -2.00. The molecule has 0 radical (unpaired) electrons. The van der Waals surface area contributed by atoms with Crippen molar-refractivity contribution in [3.63, 3.8) is 0 Å². The number of aliphatic hydroxyl groups is 1. The van der Waals surface area contributed by atoms with Crippen molar-refractivity contribution in [2.75, 3.05) is 13.7 Å². The fraction of sp³-hybridized carbons (Fsp3) is 0.130. The summed E-state index contributed by atoms with van der Waals surface area (Å²) < 4.78 is 12.3. The van der Waals surface area contributed by atoms with Gasteiger partial charge in [-0.1, -0.05) is 29.4 Å². The van der Waals surface area contributed by atoms with Crippen LogP contribution in [0.2, 0.25) is 0 Å². The smallest absolute Gasteiger partial charge is 0.222 e. The zero-order valence-electron chi connectivity index (χ0n) is 16.7. The molecule has 5 aromatic rings. The average molecular weight is 416 g/mol. The molecule has 0 atom stereocenters. The summed E-state index contributed by atoms with van der Waals surface area (Å²) in [5.41, 5.74) is 5.10. The van der Waals surface area contributed by atoms with Crippen molar-refractivity contribution in [1.29, 1.82) is 0 Å². The maximum absolute atomic E-state index is 11.1. The Morgan fingerprint density at radius 2 is 1.90 bits per heavy atom. The Morgan fingerprint density at radius 3 is 2.61 bits per heavy atom. The number of aromatic amines is 1. The third-order valence-electron chi connectivity index (χ3n) is 5.31. The van der Waals surface area contributed by atoms with Crippen molar-refractivity contribution in [3.05, 3.63) is 66.6 Å². The third-order valence-corrected chi connectivity index (χ3v) is 5.31. The van der Waals surface area contributed by atoms with Crippen LogP contribution in [0.15, 0.2) is 65.4 Å². The number of methoxy groups -OCH3 is 1. The fourth-order valence-electron chi connectivity index (χ4n) is 3.90. The van der Waals surface area contributed by atoms with Gasteiger partial charge in [0.15, 0.2) is 0 Å². The summed E-state index contributed by atoms with van der Waals surface area (Å²) in [6, 6.07) is 17.0. The maximum atomic E-state index is 11.1. The molecule has 0 aliphatic carbocycles. The van der Waals surface area contributed by atoms with Gasteiger partial charge in [0.05, 0.1) is 23.9 Å². The van der Waals surface area contributed by atoms with Crippen LogP contribution in [0.3, 0.4) is 0 Å². The number of hydrogen-bond acceptors (Lipinski definition) is 6. The van der Waals surface area contributed by atoms with Crippen LogP contribution in [0.1, 0.15) is 5.69 Å². The maximum Gasteiger partial charge on any atom is 0.222 e. The highest BCUT2D eigenvalue weighted by Crippen LogP contribution is 2.44. The second-order valence-corrected chi connectivity index (χ2v) is 7.03. The van der Waals surface area contributed by atoms with Crippen LogP contribution in [-0.4, -0.2) is 43.9 Å². The van der Waals surface area contributed by atoms with Gasteiger partial charge in [0.1, 0.15) is 23.2 Å². The van der Waals surface area contributed by atoms with E-state index in [1.807, 2.05) is 48.5 Å². The Morgan fingerprint density at radius 1 is 1.10 bits per heavy atom. The van der Waals surface area contributed by atoms with E-state index in [0.717, 1.165) is 33.6 Å². The molecule has 0 aliphatic rings. The fourth-order valence-corrected chi connectivity index (χ4v) is 3.90. The molecule has 8 nitrogen and oxygen atoms in total. The summed E-state index contributed by atoms with van der Waals surface area (Å²) in [5.74, 6) is 0.695. The number of nitrogens with one attached hydrogen (secondary N) is 1. The molecule has 5 rings (SSSR count). The van der Waals surface area contributed by atoms with Gasteiger partial charge in [0.25, 0.3) is 0 Å². The molecule has 0 saturated carbocycles. The monoisotopic (exact) mass is 416 g/mol. The molecule has 0 fully saturated rings. The lowest BCUT2D eigenvalue weighted by molar-refractivity contribution is 0.298. The predicted octanol–water partition coefficient (Wildman–Crippen LogP) is 3.92. The summed E-state index contributed by atoms with van der Waals surface area (Å²) in [5, 5.41) is 32.6. The number of para-hydroxylation sites is 1. The summed E-state index contributed by atoms with van der Waals surface area (Å²) in [6.07, 6.45) is 1.88. The number of aromatic nitrogens is 4. The SMILES string of the molecule is COc1ccccc1-c1c2c(CCO)n[nH]c2c(O)n1-c1ccc(-c2ccon2)cc1. The van der Waals surface area contributed by atoms with Gasteiger partial charge in [-0.3, -0.25) is 9.67 Å². The Bertz CT molecular complexity index is 1330. The van der Waals surface area contributed by atoms with Crippen molar-refractivity contribution in [3.8, 4) is 39.8 Å². The molecule has 3 aromatic heterocycles. The van der Waals surface area contributed by atoms with E-state index in [1.165, 1.54) is 6.26 Å². The van der Waals surface area contributed by atoms with Gasteiger partial charge in [-0.25, -0.2) is 0 Å². The number of H-pyrrole nitrogens is 1. The normalized spacial score (nSPS) is 11.3. The van der Waals surface area contributed by atoms with Crippen molar-refractivity contribution in [1.82, 2.24) is 19.9 Å². The number of ether oxygens (including phenoxy) is 1. The molecular formula is C23H20N4O4. The molecule has 0 amide bonds. The van der Waals surface area contributed by atoms with Crippen LogP contribution in [-0.2, 0) is 6.42 Å². The first kappa shape index (κ1) is 19.0. The molecule has 3 N–H and O–H groups in total. The van der Waals surface area contributed by atoms with E-state index in [9.17, 15) is 10.2 Å². The van der Waals surface area contributed by atoms with E-state index in [1.54, 1.807) is 17.7 Å². The lowest BCUT2D eigenvalue weighted by Gasteiger charge is -2.14. The Labute approximate surface area is 177 Å². The van der Waals surface area contributed by atoms with Crippen molar-refractivity contribution < 1.29 is 19.5 Å². The van der Waals surface area contributed by atoms with Gasteiger partial charge in [-0.2, -0.15) is 5.10 Å². The van der Waals surface area contributed by atoms with Gasteiger partial charge < -0.3 is 19.5 Å². The van der Waals surface area contributed by atoms with Crippen LogP contribution in [0, 0.1) is 0 Å². The van der Waals surface area contributed by atoms with Crippen LogP contribution in [0.5, 0.6) is 11.6 Å². The predicted molar refractivity (Wildman–Crippen MR) is 115 cm³/mol. The van der Waals surface area contributed by atoms with Crippen molar-refractivity contribution in [2.45, 2.75) is 6.42 Å². The molecule has 0 aliphatic heterocycles. The van der Waals surface area contributed by atoms with Crippen LogP contribution >= 0.6 is 0 Å². The number of hydrogen-bond donors (Lipinski definition) is 3. The molecule has 8 heteroatoms. The minimum absolute atomic E-state index is 0.0294. The largest absolute Gasteiger partial charge is 0.496 e. The first-order valence-corrected chi connectivity index (χ1v) is 9.79. The second-order valence-electron chi connectivity index (χ2n) is 7.03. The lowest BCUT2D eigenvalue weighted by atomic mass is 10.1. The Hall–Kier alpha value is -4.04. The zero-order valence-corrected chi connectivity index (χ0v) is 16.7. The van der Waals surface area contributed by atoms with E-state index in [4.69, 9.17) is 9.26 Å². The third kappa shape index (κ3) is 3.04. The molecule has 31 heavy (non-hydrogen) atoms. The summed E-state index contributed by atoms with van der Waals surface area (Å²) in [7, 11) is 1.61. The van der Waals surface area contributed by atoms with Crippen LogP contribution < -0.4 is 4.74 Å². The second kappa shape index (κ2) is 7.66. The standard InChI is InChI=1S/C23H20N4O4/c1-30-19-5-3-2-4-16(19)22-20-18(10-12-28)24-25-21(20)23(29)27(22)15-8-6-14(7-9-15)17-11-13-31-26-17/h2-9,11,13,25,28-29H,10,12H2,1H3. The van der Waals surface area contributed by atoms with Gasteiger partial charge in [0, 0.05) is 35.9 Å². The summed E-state index contributed by atoms with van der Waals surface area (Å²) in [6.45, 7) is -0.0519. The highest BCUT2D eigenvalue weighted by molar-refractivity contribution is 6.02. The number of aromatic hydroxyl groups is 1. The van der Waals surface area contributed by atoms with E-state index >= 15 is 0 Å². The van der Waals surface area contributed by atoms with Gasteiger partial charge in [-0.15, -0.1) is 0 Å². The summed E-state index contributed by atoms with van der Waals surface area (Å²) in [4.78, 5) is 0. The Balaban J connectivity index is 1.77. The minimum atomic E-state index is -0.0519. The number of rotatable bonds is 6. The zero-order chi connectivity index (χ0) is 21.4. The van der Waals surface area contributed by atoms with Crippen LogP contribution in [0.4, 0.5) is 0 Å². The van der Waals surface area contributed by atoms with Crippen molar-refractivity contribution >= 4 is 10.9 Å². The molecule has 0 saturated heterocycles. The molecule has 156 valence electrons. The highest BCUT2D eigenvalue weighted by atomic mass is 16.5.